The van der Waals surface area contributed by atoms with Crippen molar-refractivity contribution in [2.45, 2.75) is 109 Å². The number of H-pyrrole nitrogens is 2. The molecule has 5 N–H and O–H groups in total. The average molecular weight is 843 g/mol. The summed E-state index contributed by atoms with van der Waals surface area (Å²) in [7, 11) is 2.60. The van der Waals surface area contributed by atoms with Gasteiger partial charge in [0.15, 0.2) is 0 Å². The summed E-state index contributed by atoms with van der Waals surface area (Å²) in [6.07, 6.45) is 6.62. The summed E-state index contributed by atoms with van der Waals surface area (Å²) >= 11 is 0. The summed E-state index contributed by atoms with van der Waals surface area (Å²) in [5.74, 6) is 0.926. The summed E-state index contributed by atoms with van der Waals surface area (Å²) in [4.78, 5) is 70.7. The first-order valence-electron chi connectivity index (χ1n) is 22.0. The molecule has 4 amide bonds. The molecule has 3 heterocycles. The maximum Gasteiger partial charge on any atom is 0.407 e. The molecule has 1 aliphatic heterocycles. The predicted octanol–water partition coefficient (Wildman–Crippen LogP) is 8.09. The minimum Gasteiger partial charge on any atom is -0.453 e. The van der Waals surface area contributed by atoms with Crippen LogP contribution in [-0.4, -0.2) is 81.7 Å². The van der Waals surface area contributed by atoms with Gasteiger partial charge in [-0.1, -0.05) is 89.1 Å². The van der Waals surface area contributed by atoms with Crippen molar-refractivity contribution >= 4 is 35.0 Å². The SMILES string of the molecule is COC(=O)N[C@H](C(=O)NC1(c2nc3ccc(-c4ccc(-c5ccc6c(c5)CCCc5[nH]c([C@@H]7CCCN7C(=O)[C@@H](NC(=O)OC)C(C)C)nc5-6)cc4)cc3[nH]2)CCCC1)C(C)C. The zero-order chi connectivity index (χ0) is 43.7. The minimum atomic E-state index is -0.737. The molecule has 3 aromatic carbocycles. The third-order valence-electron chi connectivity index (χ3n) is 13.0. The molecule has 326 valence electrons. The number of alkyl carbamates (subject to hydrolysis) is 2. The maximum absolute atomic E-state index is 13.8. The van der Waals surface area contributed by atoms with Crippen LogP contribution < -0.4 is 16.0 Å². The highest BCUT2D eigenvalue weighted by molar-refractivity contribution is 5.88. The van der Waals surface area contributed by atoms with Crippen molar-refractivity contribution in [1.29, 1.82) is 0 Å². The van der Waals surface area contributed by atoms with Gasteiger partial charge in [0.2, 0.25) is 11.8 Å². The lowest BCUT2D eigenvalue weighted by Gasteiger charge is -2.31. The van der Waals surface area contributed by atoms with E-state index in [0.717, 1.165) is 120 Å². The standard InChI is InChI=1S/C48H58N8O6/c1-27(2)39(53-46(59)61-5)43(57)55-48(22-7-8-23-48)45-50-35-21-19-32(26-37(35)51-45)30-16-14-29(15-17-30)31-18-20-34-33(25-31)11-9-12-36-41(34)52-42(49-36)38-13-10-24-56(38)44(58)40(28(3)4)54-47(60)62-6/h14-21,25-28,38-40H,7-13,22-24H2,1-6H3,(H,49,52)(H,50,51)(H,53,59)(H,54,60)(H,55,57)/t38-,39-,40-/m0/s1. The molecule has 14 nitrogen and oxygen atoms in total. The molecule has 0 unspecified atom stereocenters. The molecule has 1 saturated heterocycles. The van der Waals surface area contributed by atoms with Gasteiger partial charge in [0.25, 0.3) is 0 Å². The predicted molar refractivity (Wildman–Crippen MR) is 237 cm³/mol. The average Bonchev–Trinajstić information content (AvgIpc) is 4.10. The Morgan fingerprint density at radius 2 is 1.37 bits per heavy atom. The quantitative estimate of drug-likeness (QED) is 0.0884. The number of imidazole rings is 2. The Morgan fingerprint density at radius 1 is 0.742 bits per heavy atom. The Bertz CT molecular complexity index is 2460. The number of aryl methyl sites for hydroxylation is 2. The number of likely N-dealkylation sites (tertiary alicyclic amines) is 1. The molecular weight excluding hydrogens is 785 g/mol. The van der Waals surface area contributed by atoms with E-state index in [-0.39, 0.29) is 29.7 Å². The molecule has 2 fully saturated rings. The highest BCUT2D eigenvalue weighted by atomic mass is 16.5. The van der Waals surface area contributed by atoms with E-state index in [2.05, 4.69) is 80.5 Å². The van der Waals surface area contributed by atoms with Crippen LogP contribution in [0.3, 0.4) is 0 Å². The van der Waals surface area contributed by atoms with Crippen LogP contribution >= 0.6 is 0 Å². The van der Waals surface area contributed by atoms with Crippen molar-refractivity contribution in [3.8, 4) is 33.5 Å². The fourth-order valence-electron chi connectivity index (χ4n) is 9.56. The van der Waals surface area contributed by atoms with Crippen molar-refractivity contribution in [2.24, 2.45) is 11.8 Å². The van der Waals surface area contributed by atoms with Crippen LogP contribution in [0.4, 0.5) is 9.59 Å². The van der Waals surface area contributed by atoms with Crippen LogP contribution in [0, 0.1) is 11.8 Å². The molecule has 0 radical (unpaired) electrons. The number of nitrogens with one attached hydrogen (secondary N) is 5. The van der Waals surface area contributed by atoms with Crippen LogP contribution in [0.2, 0.25) is 0 Å². The summed E-state index contributed by atoms with van der Waals surface area (Å²) in [5.41, 5.74) is 9.87. The molecule has 5 aromatic rings. The second kappa shape index (κ2) is 17.7. The number of methoxy groups -OCH3 is 2. The van der Waals surface area contributed by atoms with E-state index in [1.165, 1.54) is 19.8 Å². The molecule has 8 rings (SSSR count). The molecule has 3 atom stereocenters. The van der Waals surface area contributed by atoms with Gasteiger partial charge in [-0.25, -0.2) is 19.6 Å². The van der Waals surface area contributed by atoms with E-state index in [1.807, 2.05) is 38.7 Å². The lowest BCUT2D eigenvalue weighted by molar-refractivity contribution is -0.135. The van der Waals surface area contributed by atoms with Gasteiger partial charge in [-0.15, -0.1) is 0 Å². The van der Waals surface area contributed by atoms with Crippen LogP contribution in [0.5, 0.6) is 0 Å². The summed E-state index contributed by atoms with van der Waals surface area (Å²) in [6.45, 7) is 8.24. The van der Waals surface area contributed by atoms with Gasteiger partial charge in [0.1, 0.15) is 23.7 Å². The number of fused-ring (bicyclic) bond motifs is 4. The lowest BCUT2D eigenvalue weighted by atomic mass is 9.94. The molecule has 3 aliphatic rings. The minimum absolute atomic E-state index is 0.101. The van der Waals surface area contributed by atoms with Crippen LogP contribution in [0.25, 0.3) is 44.5 Å². The Kier molecular flexibility index (Phi) is 12.1. The zero-order valence-corrected chi connectivity index (χ0v) is 36.5. The topological polar surface area (TPSA) is 183 Å². The number of amides is 4. The fraction of sp³-hybridized carbons (Fsp3) is 0.458. The highest BCUT2D eigenvalue weighted by Gasteiger charge is 2.42. The van der Waals surface area contributed by atoms with Crippen molar-refractivity contribution in [2.75, 3.05) is 20.8 Å². The molecule has 2 aromatic heterocycles. The molecule has 62 heavy (non-hydrogen) atoms. The molecular formula is C48H58N8O6. The van der Waals surface area contributed by atoms with E-state index in [1.54, 1.807) is 0 Å². The Balaban J connectivity index is 0.994. The van der Waals surface area contributed by atoms with Crippen molar-refractivity contribution in [3.05, 3.63) is 83.6 Å². The summed E-state index contributed by atoms with van der Waals surface area (Å²) < 4.78 is 9.59. The van der Waals surface area contributed by atoms with Crippen LogP contribution in [-0.2, 0) is 37.4 Å². The number of hydrogen-bond donors (Lipinski definition) is 5. The molecule has 2 aliphatic carbocycles. The number of hydrogen-bond acceptors (Lipinski definition) is 8. The fourth-order valence-corrected chi connectivity index (χ4v) is 9.56. The number of benzene rings is 3. The van der Waals surface area contributed by atoms with Crippen molar-refractivity contribution in [1.82, 2.24) is 40.8 Å². The first-order chi connectivity index (χ1) is 29.9. The van der Waals surface area contributed by atoms with Gasteiger partial charge in [0, 0.05) is 17.8 Å². The van der Waals surface area contributed by atoms with Gasteiger partial charge >= 0.3 is 12.2 Å². The van der Waals surface area contributed by atoms with Crippen LogP contribution in [0.15, 0.2) is 60.7 Å². The number of carbonyl (C=O) groups excluding carboxylic acids is 4. The summed E-state index contributed by atoms with van der Waals surface area (Å²) in [6, 6.07) is 19.9. The molecule has 0 spiro atoms. The van der Waals surface area contributed by atoms with Gasteiger partial charge < -0.3 is 40.3 Å². The normalized spacial score (nSPS) is 17.9. The third kappa shape index (κ3) is 8.38. The molecule has 1 saturated carbocycles. The largest absolute Gasteiger partial charge is 0.453 e. The number of ether oxygens (including phenoxy) is 2. The first kappa shape index (κ1) is 42.5. The third-order valence-corrected chi connectivity index (χ3v) is 13.0. The second-order valence-electron chi connectivity index (χ2n) is 17.8. The Labute approximate surface area is 362 Å². The van der Waals surface area contributed by atoms with E-state index in [0.29, 0.717) is 6.54 Å². The zero-order valence-electron chi connectivity index (χ0n) is 36.5. The Morgan fingerprint density at radius 3 is 2.03 bits per heavy atom. The van der Waals surface area contributed by atoms with E-state index in [9.17, 15) is 19.2 Å². The Hall–Kier alpha value is -6.18. The molecule has 14 heteroatoms. The first-order valence-corrected chi connectivity index (χ1v) is 22.0. The molecule has 0 bridgehead atoms. The smallest absolute Gasteiger partial charge is 0.407 e. The van der Waals surface area contributed by atoms with E-state index >= 15 is 0 Å². The van der Waals surface area contributed by atoms with Gasteiger partial charge in [-0.2, -0.15) is 0 Å². The number of rotatable bonds is 11. The van der Waals surface area contributed by atoms with Gasteiger partial charge in [-0.3, -0.25) is 9.59 Å². The van der Waals surface area contributed by atoms with E-state index < -0.39 is 29.8 Å². The van der Waals surface area contributed by atoms with Crippen molar-refractivity contribution in [3.63, 3.8) is 0 Å². The highest BCUT2D eigenvalue weighted by Crippen LogP contribution is 2.40. The number of aromatic nitrogens is 4. The summed E-state index contributed by atoms with van der Waals surface area (Å²) in [5, 5.41) is 8.70. The van der Waals surface area contributed by atoms with Gasteiger partial charge in [-0.05, 0) is 96.7 Å². The van der Waals surface area contributed by atoms with Crippen molar-refractivity contribution < 1.29 is 28.7 Å². The monoisotopic (exact) mass is 842 g/mol. The number of nitrogens with zero attached hydrogens (tertiary/aromatic N) is 3. The number of aromatic amines is 2. The van der Waals surface area contributed by atoms with Crippen LogP contribution in [0.1, 0.15) is 102 Å². The number of carbonyl (C=O) groups is 4. The van der Waals surface area contributed by atoms with E-state index in [4.69, 9.17) is 19.4 Å². The maximum atomic E-state index is 13.8. The second-order valence-corrected chi connectivity index (χ2v) is 17.8. The van der Waals surface area contributed by atoms with Gasteiger partial charge in [0.05, 0.1) is 42.5 Å². The lowest BCUT2D eigenvalue weighted by Crippen LogP contribution is -2.55.